The molecule has 3 nitrogen and oxygen atoms in total. The van der Waals surface area contributed by atoms with Gasteiger partial charge in [-0.15, -0.1) is 0 Å². The quantitative estimate of drug-likeness (QED) is 0.746. The van der Waals surface area contributed by atoms with E-state index in [1.807, 2.05) is 27.0 Å². The molecule has 1 atom stereocenters. The third-order valence-corrected chi connectivity index (χ3v) is 2.11. The number of pyridine rings is 1. The predicted molar refractivity (Wildman–Crippen MR) is 53.8 cm³/mol. The molecule has 0 saturated carbocycles. The van der Waals surface area contributed by atoms with Crippen molar-refractivity contribution >= 4 is 5.82 Å². The lowest BCUT2D eigenvalue weighted by Gasteiger charge is -2.10. The van der Waals surface area contributed by atoms with Gasteiger partial charge in [0.25, 0.3) is 0 Å². The van der Waals surface area contributed by atoms with Gasteiger partial charge in [-0.1, -0.05) is 6.92 Å². The highest BCUT2D eigenvalue weighted by molar-refractivity contribution is 5.44. The van der Waals surface area contributed by atoms with Crippen molar-refractivity contribution in [3.8, 4) is 0 Å². The first kappa shape index (κ1) is 9.99. The summed E-state index contributed by atoms with van der Waals surface area (Å²) in [5.41, 5.74) is 1.95. The van der Waals surface area contributed by atoms with Gasteiger partial charge in [0.2, 0.25) is 0 Å². The molecule has 0 aliphatic carbocycles. The summed E-state index contributed by atoms with van der Waals surface area (Å²) in [6.07, 6.45) is 2.05. The first-order chi connectivity index (χ1) is 6.19. The molecule has 0 radical (unpaired) electrons. The number of anilines is 1. The average Bonchev–Trinajstić information content (AvgIpc) is 2.16. The van der Waals surface area contributed by atoms with Gasteiger partial charge in [0.05, 0.1) is 6.10 Å². The summed E-state index contributed by atoms with van der Waals surface area (Å²) in [5, 5.41) is 12.5. The van der Waals surface area contributed by atoms with Gasteiger partial charge >= 0.3 is 0 Å². The van der Waals surface area contributed by atoms with Crippen molar-refractivity contribution in [2.75, 3.05) is 12.4 Å². The Kier molecular flexibility index (Phi) is 3.25. The van der Waals surface area contributed by atoms with Gasteiger partial charge in [0.1, 0.15) is 5.82 Å². The Morgan fingerprint density at radius 1 is 1.62 bits per heavy atom. The third-order valence-electron chi connectivity index (χ3n) is 2.11. The molecule has 0 aliphatic heterocycles. The molecule has 3 heteroatoms. The van der Waals surface area contributed by atoms with E-state index in [1.54, 1.807) is 6.20 Å². The van der Waals surface area contributed by atoms with Crippen molar-refractivity contribution in [1.29, 1.82) is 0 Å². The zero-order valence-electron chi connectivity index (χ0n) is 8.33. The molecule has 1 heterocycles. The summed E-state index contributed by atoms with van der Waals surface area (Å²) in [5.74, 6) is 0.868. The standard InChI is InChI=1S/C10H16N2O/c1-4-9(13)8-5-7(2)10(11-3)12-6-8/h5-6,9,13H,4H2,1-3H3,(H,11,12)/t9-/m1/s1. The molecule has 0 saturated heterocycles. The van der Waals surface area contributed by atoms with Crippen LogP contribution in [0.1, 0.15) is 30.6 Å². The molecule has 0 aromatic carbocycles. The Morgan fingerprint density at radius 2 is 2.31 bits per heavy atom. The second-order valence-corrected chi connectivity index (χ2v) is 3.11. The van der Waals surface area contributed by atoms with Gasteiger partial charge in [-0.3, -0.25) is 0 Å². The lowest BCUT2D eigenvalue weighted by molar-refractivity contribution is 0.173. The Hall–Kier alpha value is -1.09. The minimum absolute atomic E-state index is 0.392. The summed E-state index contributed by atoms with van der Waals surface area (Å²) in [6, 6.07) is 1.97. The molecular formula is C10H16N2O. The lowest BCUT2D eigenvalue weighted by atomic mass is 10.1. The maximum absolute atomic E-state index is 9.56. The molecule has 1 rings (SSSR count). The smallest absolute Gasteiger partial charge is 0.128 e. The predicted octanol–water partition coefficient (Wildman–Crippen LogP) is 1.88. The largest absolute Gasteiger partial charge is 0.388 e. The second kappa shape index (κ2) is 4.23. The SMILES string of the molecule is CC[C@@H](O)c1cnc(NC)c(C)c1. The fourth-order valence-electron chi connectivity index (χ4n) is 1.28. The van der Waals surface area contributed by atoms with Crippen molar-refractivity contribution in [1.82, 2.24) is 4.98 Å². The number of rotatable bonds is 3. The molecule has 2 N–H and O–H groups in total. The molecule has 13 heavy (non-hydrogen) atoms. The van der Waals surface area contributed by atoms with Crippen LogP contribution >= 0.6 is 0 Å². The van der Waals surface area contributed by atoms with Crippen molar-refractivity contribution < 1.29 is 5.11 Å². The molecule has 1 aromatic rings. The van der Waals surface area contributed by atoms with E-state index in [0.717, 1.165) is 23.4 Å². The number of aromatic nitrogens is 1. The minimum atomic E-state index is -0.392. The first-order valence-corrected chi connectivity index (χ1v) is 4.51. The Bertz CT molecular complexity index is 286. The van der Waals surface area contributed by atoms with Gasteiger partial charge in [0.15, 0.2) is 0 Å². The summed E-state index contributed by atoms with van der Waals surface area (Å²) in [7, 11) is 1.84. The zero-order chi connectivity index (χ0) is 9.84. The highest BCUT2D eigenvalue weighted by atomic mass is 16.3. The summed E-state index contributed by atoms with van der Waals surface area (Å²) in [4.78, 5) is 4.19. The summed E-state index contributed by atoms with van der Waals surface area (Å²) >= 11 is 0. The van der Waals surface area contributed by atoms with Crippen molar-refractivity contribution in [3.05, 3.63) is 23.4 Å². The fraction of sp³-hybridized carbons (Fsp3) is 0.500. The minimum Gasteiger partial charge on any atom is -0.388 e. The number of hydrogen-bond donors (Lipinski definition) is 2. The van der Waals surface area contributed by atoms with Crippen LogP contribution in [-0.2, 0) is 0 Å². The maximum Gasteiger partial charge on any atom is 0.128 e. The number of aliphatic hydroxyl groups is 1. The normalized spacial score (nSPS) is 12.6. The number of nitrogens with zero attached hydrogens (tertiary/aromatic N) is 1. The maximum atomic E-state index is 9.56. The Balaban J connectivity index is 2.95. The molecule has 0 bridgehead atoms. The molecule has 0 unspecified atom stereocenters. The molecule has 1 aromatic heterocycles. The van der Waals surface area contributed by atoms with Crippen LogP contribution < -0.4 is 5.32 Å². The van der Waals surface area contributed by atoms with E-state index in [4.69, 9.17) is 0 Å². The Morgan fingerprint density at radius 3 is 2.77 bits per heavy atom. The van der Waals surface area contributed by atoms with Crippen LogP contribution in [0.15, 0.2) is 12.3 Å². The fourth-order valence-corrected chi connectivity index (χ4v) is 1.28. The first-order valence-electron chi connectivity index (χ1n) is 4.51. The lowest BCUT2D eigenvalue weighted by Crippen LogP contribution is -2.00. The molecule has 0 spiro atoms. The average molecular weight is 180 g/mol. The highest BCUT2D eigenvalue weighted by Crippen LogP contribution is 2.19. The van der Waals surface area contributed by atoms with E-state index < -0.39 is 6.10 Å². The molecule has 72 valence electrons. The van der Waals surface area contributed by atoms with Crippen molar-refractivity contribution in [2.45, 2.75) is 26.4 Å². The van der Waals surface area contributed by atoms with E-state index in [2.05, 4.69) is 10.3 Å². The van der Waals surface area contributed by atoms with Crippen LogP contribution in [0.5, 0.6) is 0 Å². The van der Waals surface area contributed by atoms with Crippen LogP contribution in [0.3, 0.4) is 0 Å². The van der Waals surface area contributed by atoms with Crippen molar-refractivity contribution in [3.63, 3.8) is 0 Å². The molecule has 0 amide bonds. The van der Waals surface area contributed by atoms with Crippen LogP contribution in [0.2, 0.25) is 0 Å². The van der Waals surface area contributed by atoms with Crippen LogP contribution in [-0.4, -0.2) is 17.1 Å². The van der Waals surface area contributed by atoms with E-state index in [1.165, 1.54) is 0 Å². The topological polar surface area (TPSA) is 45.2 Å². The van der Waals surface area contributed by atoms with Crippen LogP contribution in [0.25, 0.3) is 0 Å². The van der Waals surface area contributed by atoms with Crippen LogP contribution in [0.4, 0.5) is 5.82 Å². The summed E-state index contributed by atoms with van der Waals surface area (Å²) in [6.45, 7) is 3.93. The third kappa shape index (κ3) is 2.18. The number of aryl methyl sites for hydroxylation is 1. The zero-order valence-corrected chi connectivity index (χ0v) is 8.33. The van der Waals surface area contributed by atoms with Gasteiger partial charge in [-0.05, 0) is 30.5 Å². The molecule has 0 fully saturated rings. The number of aliphatic hydroxyl groups excluding tert-OH is 1. The summed E-state index contributed by atoms with van der Waals surface area (Å²) < 4.78 is 0. The van der Waals surface area contributed by atoms with Gasteiger partial charge in [-0.25, -0.2) is 4.98 Å². The van der Waals surface area contributed by atoms with E-state index >= 15 is 0 Å². The van der Waals surface area contributed by atoms with Gasteiger partial charge in [0, 0.05) is 13.2 Å². The van der Waals surface area contributed by atoms with Gasteiger partial charge < -0.3 is 10.4 Å². The highest BCUT2D eigenvalue weighted by Gasteiger charge is 2.06. The molecule has 0 aliphatic rings. The number of nitrogens with one attached hydrogen (secondary N) is 1. The number of hydrogen-bond acceptors (Lipinski definition) is 3. The van der Waals surface area contributed by atoms with Crippen LogP contribution in [0, 0.1) is 6.92 Å². The van der Waals surface area contributed by atoms with E-state index in [9.17, 15) is 5.11 Å². The van der Waals surface area contributed by atoms with Gasteiger partial charge in [-0.2, -0.15) is 0 Å². The second-order valence-electron chi connectivity index (χ2n) is 3.11. The monoisotopic (exact) mass is 180 g/mol. The van der Waals surface area contributed by atoms with E-state index in [0.29, 0.717) is 0 Å². The van der Waals surface area contributed by atoms with E-state index in [-0.39, 0.29) is 0 Å². The Labute approximate surface area is 78.8 Å². The van der Waals surface area contributed by atoms with Crippen molar-refractivity contribution in [2.24, 2.45) is 0 Å². The molecular weight excluding hydrogens is 164 g/mol.